The summed E-state index contributed by atoms with van der Waals surface area (Å²) in [5.74, 6) is 2.46. The molecule has 2 aromatic heterocycles. The number of halogens is 1. The normalized spacial score (nSPS) is 10.0. The lowest BCUT2D eigenvalue weighted by molar-refractivity contribution is 0.924. The van der Waals surface area contributed by atoms with Crippen molar-refractivity contribution in [2.45, 2.75) is 0 Å². The van der Waals surface area contributed by atoms with Gasteiger partial charge in [0.25, 0.3) is 0 Å². The zero-order valence-corrected chi connectivity index (χ0v) is 6.78. The van der Waals surface area contributed by atoms with Crippen LogP contribution in [0.25, 0.3) is 5.65 Å². The SMILES string of the molecule is C#Cc1cnc2ccc(Cl)nn12. The maximum Gasteiger partial charge on any atom is 0.155 e. The van der Waals surface area contributed by atoms with Crippen LogP contribution in [-0.2, 0) is 0 Å². The van der Waals surface area contributed by atoms with Crippen molar-refractivity contribution in [3.05, 3.63) is 29.2 Å². The van der Waals surface area contributed by atoms with E-state index in [1.54, 1.807) is 18.3 Å². The molecule has 0 amide bonds. The molecule has 2 heterocycles. The van der Waals surface area contributed by atoms with Gasteiger partial charge in [0.1, 0.15) is 10.8 Å². The summed E-state index contributed by atoms with van der Waals surface area (Å²) in [6.45, 7) is 0. The lowest BCUT2D eigenvalue weighted by Gasteiger charge is -1.93. The summed E-state index contributed by atoms with van der Waals surface area (Å²) in [6.07, 6.45) is 6.80. The van der Waals surface area contributed by atoms with Gasteiger partial charge in [-0.3, -0.25) is 0 Å². The zero-order valence-electron chi connectivity index (χ0n) is 6.03. The third kappa shape index (κ3) is 0.936. The maximum absolute atomic E-state index is 5.68. The number of nitrogens with zero attached hydrogens (tertiary/aromatic N) is 3. The highest BCUT2D eigenvalue weighted by atomic mass is 35.5. The third-order valence-corrected chi connectivity index (χ3v) is 1.68. The van der Waals surface area contributed by atoms with Gasteiger partial charge in [-0.2, -0.15) is 5.10 Å². The zero-order chi connectivity index (χ0) is 8.55. The average molecular weight is 178 g/mol. The molecule has 2 aromatic rings. The Hall–Kier alpha value is -1.53. The number of hydrogen-bond donors (Lipinski definition) is 0. The van der Waals surface area contributed by atoms with Crippen molar-refractivity contribution in [3.63, 3.8) is 0 Å². The first-order valence-electron chi connectivity index (χ1n) is 3.28. The summed E-state index contributed by atoms with van der Waals surface area (Å²) in [4.78, 5) is 4.03. The number of hydrogen-bond acceptors (Lipinski definition) is 2. The molecule has 0 aliphatic carbocycles. The van der Waals surface area contributed by atoms with E-state index in [9.17, 15) is 0 Å². The van der Waals surface area contributed by atoms with Gasteiger partial charge in [0.2, 0.25) is 0 Å². The number of fused-ring (bicyclic) bond motifs is 1. The van der Waals surface area contributed by atoms with Crippen molar-refractivity contribution in [3.8, 4) is 12.3 Å². The van der Waals surface area contributed by atoms with Gasteiger partial charge in [-0.1, -0.05) is 11.6 Å². The van der Waals surface area contributed by atoms with Crippen LogP contribution in [0.15, 0.2) is 18.3 Å². The largest absolute Gasteiger partial charge is 0.234 e. The Labute approximate surface area is 74.0 Å². The smallest absolute Gasteiger partial charge is 0.155 e. The van der Waals surface area contributed by atoms with Gasteiger partial charge in [0.15, 0.2) is 5.65 Å². The van der Waals surface area contributed by atoms with Crippen LogP contribution in [0.2, 0.25) is 5.15 Å². The monoisotopic (exact) mass is 177 g/mol. The summed E-state index contributed by atoms with van der Waals surface area (Å²) in [5, 5.41) is 4.38. The molecule has 58 valence electrons. The second-order valence-electron chi connectivity index (χ2n) is 2.21. The van der Waals surface area contributed by atoms with Crippen molar-refractivity contribution >= 4 is 17.2 Å². The molecule has 0 bridgehead atoms. The molecule has 3 nitrogen and oxygen atoms in total. The fourth-order valence-electron chi connectivity index (χ4n) is 0.949. The summed E-state index contributed by atoms with van der Waals surface area (Å²) < 4.78 is 1.53. The van der Waals surface area contributed by atoms with Crippen LogP contribution in [0.4, 0.5) is 0 Å². The van der Waals surface area contributed by atoms with E-state index >= 15 is 0 Å². The molecule has 0 aliphatic rings. The lowest BCUT2D eigenvalue weighted by atomic mass is 10.5. The number of terminal acetylenes is 1. The molecule has 0 unspecified atom stereocenters. The van der Waals surface area contributed by atoms with Crippen LogP contribution in [0.5, 0.6) is 0 Å². The van der Waals surface area contributed by atoms with E-state index in [0.717, 1.165) is 0 Å². The number of rotatable bonds is 0. The van der Waals surface area contributed by atoms with Crippen LogP contribution in [0.1, 0.15) is 5.69 Å². The van der Waals surface area contributed by atoms with Gasteiger partial charge in [0.05, 0.1) is 6.20 Å². The summed E-state index contributed by atoms with van der Waals surface area (Å²) in [6, 6.07) is 3.43. The van der Waals surface area contributed by atoms with Crippen LogP contribution < -0.4 is 0 Å². The van der Waals surface area contributed by atoms with E-state index in [2.05, 4.69) is 16.0 Å². The predicted octanol–water partition coefficient (Wildman–Crippen LogP) is 1.36. The Bertz CT molecular complexity index is 467. The molecular formula is C8H4ClN3. The van der Waals surface area contributed by atoms with E-state index in [1.165, 1.54) is 4.52 Å². The summed E-state index contributed by atoms with van der Waals surface area (Å²) in [7, 11) is 0. The molecule has 0 fully saturated rings. The summed E-state index contributed by atoms with van der Waals surface area (Å²) in [5.41, 5.74) is 1.31. The Morgan fingerprint density at radius 2 is 2.33 bits per heavy atom. The standard InChI is InChI=1S/C8H4ClN3/c1-2-6-5-10-8-4-3-7(9)11-12(6)8/h1,3-5H. The highest BCUT2D eigenvalue weighted by Gasteiger charge is 2.00. The van der Waals surface area contributed by atoms with Crippen molar-refractivity contribution in [1.82, 2.24) is 14.6 Å². The first-order valence-corrected chi connectivity index (χ1v) is 3.66. The van der Waals surface area contributed by atoms with Gasteiger partial charge in [-0.15, -0.1) is 6.42 Å². The lowest BCUT2D eigenvalue weighted by Crippen LogP contribution is -1.93. The maximum atomic E-state index is 5.68. The molecule has 0 saturated carbocycles. The summed E-state index contributed by atoms with van der Waals surface area (Å²) >= 11 is 5.68. The van der Waals surface area contributed by atoms with E-state index in [4.69, 9.17) is 18.0 Å². The highest BCUT2D eigenvalue weighted by molar-refractivity contribution is 6.29. The predicted molar refractivity (Wildman–Crippen MR) is 45.9 cm³/mol. The number of imidazole rings is 1. The second kappa shape index (κ2) is 2.50. The fourth-order valence-corrected chi connectivity index (χ4v) is 1.09. The van der Waals surface area contributed by atoms with E-state index in [0.29, 0.717) is 16.5 Å². The molecule has 0 saturated heterocycles. The van der Waals surface area contributed by atoms with Gasteiger partial charge < -0.3 is 0 Å². The van der Waals surface area contributed by atoms with Crippen molar-refractivity contribution in [2.75, 3.05) is 0 Å². The molecule has 0 N–H and O–H groups in total. The molecule has 0 spiro atoms. The molecular weight excluding hydrogens is 174 g/mol. The first kappa shape index (κ1) is 7.14. The quantitative estimate of drug-likeness (QED) is 0.569. The van der Waals surface area contributed by atoms with E-state index in [1.807, 2.05) is 0 Å². The molecule has 0 aromatic carbocycles. The Morgan fingerprint density at radius 1 is 1.50 bits per heavy atom. The van der Waals surface area contributed by atoms with Crippen LogP contribution in [0.3, 0.4) is 0 Å². The minimum atomic E-state index is 0.400. The van der Waals surface area contributed by atoms with Gasteiger partial charge >= 0.3 is 0 Å². The molecule has 12 heavy (non-hydrogen) atoms. The second-order valence-corrected chi connectivity index (χ2v) is 2.60. The average Bonchev–Trinajstić information content (AvgIpc) is 2.46. The van der Waals surface area contributed by atoms with Gasteiger partial charge in [-0.25, -0.2) is 9.50 Å². The van der Waals surface area contributed by atoms with Crippen LogP contribution in [-0.4, -0.2) is 14.6 Å². The minimum Gasteiger partial charge on any atom is -0.234 e. The van der Waals surface area contributed by atoms with Crippen LogP contribution in [0, 0.1) is 12.3 Å². The highest BCUT2D eigenvalue weighted by Crippen LogP contribution is 2.07. The molecule has 2 rings (SSSR count). The fraction of sp³-hybridized carbons (Fsp3) is 0. The molecule has 0 aliphatic heterocycles. The topological polar surface area (TPSA) is 30.2 Å². The van der Waals surface area contributed by atoms with Crippen LogP contribution >= 0.6 is 11.6 Å². The van der Waals surface area contributed by atoms with E-state index < -0.39 is 0 Å². The van der Waals surface area contributed by atoms with Crippen molar-refractivity contribution < 1.29 is 0 Å². The molecule has 0 radical (unpaired) electrons. The number of aromatic nitrogens is 3. The van der Waals surface area contributed by atoms with Crippen molar-refractivity contribution in [1.29, 1.82) is 0 Å². The Morgan fingerprint density at radius 3 is 3.08 bits per heavy atom. The molecule has 4 heteroatoms. The van der Waals surface area contributed by atoms with Crippen molar-refractivity contribution in [2.24, 2.45) is 0 Å². The Kier molecular flexibility index (Phi) is 1.49. The first-order chi connectivity index (χ1) is 5.81. The van der Waals surface area contributed by atoms with Gasteiger partial charge in [-0.05, 0) is 18.1 Å². The van der Waals surface area contributed by atoms with E-state index in [-0.39, 0.29) is 0 Å². The van der Waals surface area contributed by atoms with Gasteiger partial charge in [0, 0.05) is 0 Å². The third-order valence-electron chi connectivity index (χ3n) is 1.48. The molecule has 0 atom stereocenters. The Balaban J connectivity index is 2.86. The minimum absolute atomic E-state index is 0.400.